The van der Waals surface area contributed by atoms with Crippen molar-refractivity contribution in [3.8, 4) is 0 Å². The molecule has 2 amide bonds. The molecule has 3 aromatic rings. The maximum atomic E-state index is 12.9. The number of urea groups is 1. The second-order valence-electron chi connectivity index (χ2n) is 7.02. The predicted molar refractivity (Wildman–Crippen MR) is 109 cm³/mol. The molecule has 4 rings (SSSR count). The molecule has 0 atom stereocenters. The van der Waals surface area contributed by atoms with Crippen molar-refractivity contribution in [1.29, 1.82) is 0 Å². The zero-order chi connectivity index (χ0) is 18.6. The smallest absolute Gasteiger partial charge is 0.322 e. The zero-order valence-corrected chi connectivity index (χ0v) is 15.9. The largest absolute Gasteiger partial charge is 0.342 e. The molecule has 2 N–H and O–H groups in total. The van der Waals surface area contributed by atoms with E-state index in [1.54, 1.807) is 12.1 Å². The minimum atomic E-state index is -0.0692. The maximum absolute atomic E-state index is 12.9. The summed E-state index contributed by atoms with van der Waals surface area (Å²) in [5.41, 5.74) is 2.71. The zero-order valence-electron chi connectivity index (χ0n) is 15.1. The highest BCUT2D eigenvalue weighted by Gasteiger charge is 2.26. The first-order chi connectivity index (χ1) is 13.2. The van der Waals surface area contributed by atoms with Gasteiger partial charge in [-0.2, -0.15) is 0 Å². The predicted octanol–water partition coefficient (Wildman–Crippen LogP) is 5.24. The van der Waals surface area contributed by atoms with E-state index in [0.717, 1.165) is 35.4 Å². The van der Waals surface area contributed by atoms with Gasteiger partial charge in [0.15, 0.2) is 0 Å². The lowest BCUT2D eigenvalue weighted by Crippen LogP contribution is -2.43. The summed E-state index contributed by atoms with van der Waals surface area (Å²) < 4.78 is 0. The standard InChI is InChI=1S/C21H23ClN4O/c22-15-6-5-7-16(14-15)23-21(27)26(17-8-1-2-9-17)13-12-20-24-18-10-3-4-11-19(18)25-20/h3-7,10-11,14,17H,1-2,8-9,12-13H2,(H,23,27)(H,24,25). The monoisotopic (exact) mass is 382 g/mol. The van der Waals surface area contributed by atoms with Gasteiger partial charge >= 0.3 is 6.03 Å². The third kappa shape index (κ3) is 4.25. The number of carbonyl (C=O) groups excluding carboxylic acids is 1. The van der Waals surface area contributed by atoms with Crippen molar-refractivity contribution < 1.29 is 4.79 Å². The van der Waals surface area contributed by atoms with E-state index < -0.39 is 0 Å². The Morgan fingerprint density at radius 2 is 2.00 bits per heavy atom. The number of rotatable bonds is 5. The highest BCUT2D eigenvalue weighted by molar-refractivity contribution is 6.30. The molecular weight excluding hydrogens is 360 g/mol. The fourth-order valence-corrected chi connectivity index (χ4v) is 3.97. The third-order valence-corrected chi connectivity index (χ3v) is 5.37. The topological polar surface area (TPSA) is 61.0 Å². The SMILES string of the molecule is O=C(Nc1cccc(Cl)c1)N(CCc1nc2ccccc2[nH]1)C1CCCC1. The number of hydrogen-bond donors (Lipinski definition) is 2. The van der Waals surface area contributed by atoms with Crippen LogP contribution in [0.15, 0.2) is 48.5 Å². The van der Waals surface area contributed by atoms with E-state index in [-0.39, 0.29) is 12.1 Å². The lowest BCUT2D eigenvalue weighted by Gasteiger charge is -2.29. The molecule has 5 nitrogen and oxygen atoms in total. The van der Waals surface area contributed by atoms with Crippen LogP contribution in [0.25, 0.3) is 11.0 Å². The number of benzene rings is 2. The summed E-state index contributed by atoms with van der Waals surface area (Å²) in [5, 5.41) is 3.61. The molecule has 0 unspecified atom stereocenters. The van der Waals surface area contributed by atoms with E-state index in [1.165, 1.54) is 12.8 Å². The Kier molecular flexibility index (Phi) is 5.30. The molecule has 1 saturated carbocycles. The number of aromatic nitrogens is 2. The van der Waals surface area contributed by atoms with Crippen LogP contribution in [-0.2, 0) is 6.42 Å². The Balaban J connectivity index is 1.47. The second-order valence-corrected chi connectivity index (χ2v) is 7.46. The molecule has 0 spiro atoms. The number of anilines is 1. The van der Waals surface area contributed by atoms with Crippen molar-refractivity contribution >= 4 is 34.4 Å². The third-order valence-electron chi connectivity index (χ3n) is 5.13. The number of nitrogens with zero attached hydrogens (tertiary/aromatic N) is 2. The average Bonchev–Trinajstić information content (AvgIpc) is 3.31. The Morgan fingerprint density at radius 3 is 2.78 bits per heavy atom. The van der Waals surface area contributed by atoms with Crippen LogP contribution in [-0.4, -0.2) is 33.5 Å². The van der Waals surface area contributed by atoms with Gasteiger partial charge in [0, 0.05) is 29.7 Å². The van der Waals surface area contributed by atoms with Crippen LogP contribution < -0.4 is 5.32 Å². The highest BCUT2D eigenvalue weighted by atomic mass is 35.5. The first kappa shape index (κ1) is 17.9. The van der Waals surface area contributed by atoms with Gasteiger partial charge in [-0.3, -0.25) is 0 Å². The normalized spacial score (nSPS) is 14.6. The number of fused-ring (bicyclic) bond motifs is 1. The summed E-state index contributed by atoms with van der Waals surface area (Å²) in [4.78, 5) is 22.9. The molecule has 0 bridgehead atoms. The van der Waals surface area contributed by atoms with Gasteiger partial charge in [0.1, 0.15) is 5.82 Å². The van der Waals surface area contributed by atoms with Crippen molar-refractivity contribution in [2.45, 2.75) is 38.1 Å². The molecular formula is C21H23ClN4O. The quantitative estimate of drug-likeness (QED) is 0.634. The van der Waals surface area contributed by atoms with Crippen LogP contribution in [0, 0.1) is 0 Å². The van der Waals surface area contributed by atoms with Crippen molar-refractivity contribution in [2.24, 2.45) is 0 Å². The lowest BCUT2D eigenvalue weighted by atomic mass is 10.2. The summed E-state index contributed by atoms with van der Waals surface area (Å²) in [6.07, 6.45) is 5.17. The number of carbonyl (C=O) groups is 1. The van der Waals surface area contributed by atoms with Crippen molar-refractivity contribution in [3.63, 3.8) is 0 Å². The fraction of sp³-hybridized carbons (Fsp3) is 0.333. The minimum absolute atomic E-state index is 0.0692. The molecule has 2 aromatic carbocycles. The van der Waals surface area contributed by atoms with Crippen LogP contribution in [0.5, 0.6) is 0 Å². The van der Waals surface area contributed by atoms with Gasteiger partial charge in [0.2, 0.25) is 0 Å². The molecule has 27 heavy (non-hydrogen) atoms. The van der Waals surface area contributed by atoms with Crippen molar-refractivity contribution in [3.05, 3.63) is 59.4 Å². The number of imidazole rings is 1. The molecule has 1 fully saturated rings. The van der Waals surface area contributed by atoms with Gasteiger partial charge in [-0.15, -0.1) is 0 Å². The number of amides is 2. The van der Waals surface area contributed by atoms with Crippen LogP contribution in [0.1, 0.15) is 31.5 Å². The molecule has 1 aliphatic rings. The molecule has 0 radical (unpaired) electrons. The molecule has 1 heterocycles. The Hall–Kier alpha value is -2.53. The van der Waals surface area contributed by atoms with Gasteiger partial charge in [-0.05, 0) is 43.2 Å². The van der Waals surface area contributed by atoms with Crippen LogP contribution in [0.2, 0.25) is 5.02 Å². The summed E-state index contributed by atoms with van der Waals surface area (Å²) in [7, 11) is 0. The molecule has 0 saturated heterocycles. The number of para-hydroxylation sites is 2. The van der Waals surface area contributed by atoms with Crippen LogP contribution in [0.3, 0.4) is 0 Å². The summed E-state index contributed by atoms with van der Waals surface area (Å²) >= 11 is 6.04. The van der Waals surface area contributed by atoms with E-state index in [4.69, 9.17) is 11.6 Å². The number of nitrogens with one attached hydrogen (secondary N) is 2. The maximum Gasteiger partial charge on any atom is 0.322 e. The summed E-state index contributed by atoms with van der Waals surface area (Å²) in [5.74, 6) is 0.912. The van der Waals surface area contributed by atoms with Gasteiger partial charge in [-0.25, -0.2) is 9.78 Å². The number of aromatic amines is 1. The molecule has 1 aliphatic carbocycles. The van der Waals surface area contributed by atoms with E-state index in [1.807, 2.05) is 41.3 Å². The first-order valence-electron chi connectivity index (χ1n) is 9.46. The Labute approximate surface area is 163 Å². The number of H-pyrrole nitrogens is 1. The van der Waals surface area contributed by atoms with Crippen LogP contribution in [0.4, 0.5) is 10.5 Å². The summed E-state index contributed by atoms with van der Waals surface area (Å²) in [6.45, 7) is 0.636. The lowest BCUT2D eigenvalue weighted by molar-refractivity contribution is 0.189. The van der Waals surface area contributed by atoms with E-state index in [2.05, 4.69) is 15.3 Å². The Bertz CT molecular complexity index is 900. The molecule has 1 aromatic heterocycles. The molecule has 140 valence electrons. The molecule has 6 heteroatoms. The van der Waals surface area contributed by atoms with Gasteiger partial charge in [0.05, 0.1) is 11.0 Å². The Morgan fingerprint density at radius 1 is 1.19 bits per heavy atom. The van der Waals surface area contributed by atoms with Crippen molar-refractivity contribution in [2.75, 3.05) is 11.9 Å². The van der Waals surface area contributed by atoms with Gasteiger partial charge < -0.3 is 15.2 Å². The second kappa shape index (κ2) is 8.01. The van der Waals surface area contributed by atoms with E-state index in [9.17, 15) is 4.79 Å². The minimum Gasteiger partial charge on any atom is -0.342 e. The van der Waals surface area contributed by atoms with Crippen molar-refractivity contribution in [1.82, 2.24) is 14.9 Å². The van der Waals surface area contributed by atoms with Gasteiger partial charge in [-0.1, -0.05) is 42.6 Å². The first-order valence-corrected chi connectivity index (χ1v) is 9.84. The number of halogens is 1. The van der Waals surface area contributed by atoms with Gasteiger partial charge in [0.25, 0.3) is 0 Å². The number of hydrogen-bond acceptors (Lipinski definition) is 2. The highest BCUT2D eigenvalue weighted by Crippen LogP contribution is 2.25. The summed E-state index contributed by atoms with van der Waals surface area (Å²) in [6, 6.07) is 15.5. The van der Waals surface area contributed by atoms with E-state index >= 15 is 0 Å². The van der Waals surface area contributed by atoms with E-state index in [0.29, 0.717) is 18.0 Å². The molecule has 0 aliphatic heterocycles. The fourth-order valence-electron chi connectivity index (χ4n) is 3.78. The average molecular weight is 383 g/mol. The van der Waals surface area contributed by atoms with Crippen LogP contribution >= 0.6 is 11.6 Å².